The van der Waals surface area contributed by atoms with Gasteiger partial charge in [-0.05, 0) is 79.7 Å². The van der Waals surface area contributed by atoms with Crippen LogP contribution in [0.15, 0.2) is 50.2 Å². The second-order valence-electron chi connectivity index (χ2n) is 10.6. The van der Waals surface area contributed by atoms with Crippen LogP contribution in [0.5, 0.6) is 0 Å². The van der Waals surface area contributed by atoms with E-state index in [0.29, 0.717) is 4.90 Å². The third kappa shape index (κ3) is 6.55. The van der Waals surface area contributed by atoms with Crippen LogP contribution >= 0.6 is 0 Å². The van der Waals surface area contributed by atoms with Gasteiger partial charge in [0.05, 0.1) is 23.1 Å². The first-order valence-electron chi connectivity index (χ1n) is 12.7. The molecule has 7 nitrogen and oxygen atoms in total. The molecule has 8 heteroatoms. The van der Waals surface area contributed by atoms with Gasteiger partial charge in [0.1, 0.15) is 22.0 Å². The molecule has 0 amide bonds. The molecular weight excluding hydrogens is 484 g/mol. The molecular formula is C29H40N4O3S. The molecule has 0 aliphatic rings. The molecule has 2 atom stereocenters. The molecule has 2 unspecified atom stereocenters. The average molecular weight is 525 g/mol. The van der Waals surface area contributed by atoms with Gasteiger partial charge in [-0.3, -0.25) is 0 Å². The Hall–Kier alpha value is -2.81. The highest BCUT2D eigenvalue weighted by Crippen LogP contribution is 2.39. The number of rotatable bonds is 10. The predicted molar refractivity (Wildman–Crippen MR) is 150 cm³/mol. The minimum atomic E-state index is -3.16. The van der Waals surface area contributed by atoms with E-state index in [4.69, 9.17) is 9.66 Å². The van der Waals surface area contributed by atoms with Crippen molar-refractivity contribution in [3.05, 3.63) is 70.1 Å². The van der Waals surface area contributed by atoms with Crippen LogP contribution in [0.1, 0.15) is 79.2 Å². The lowest BCUT2D eigenvalue weighted by atomic mass is 9.80. The summed E-state index contributed by atoms with van der Waals surface area (Å²) in [5.41, 5.74) is 6.98. The van der Waals surface area contributed by atoms with Crippen molar-refractivity contribution < 1.29 is 13.5 Å². The van der Waals surface area contributed by atoms with Crippen molar-refractivity contribution in [2.75, 3.05) is 20.6 Å². The van der Waals surface area contributed by atoms with Gasteiger partial charge in [-0.2, -0.15) is 0 Å². The van der Waals surface area contributed by atoms with E-state index in [1.807, 2.05) is 40.1 Å². The molecule has 37 heavy (non-hydrogen) atoms. The number of benzene rings is 2. The summed E-state index contributed by atoms with van der Waals surface area (Å²) >= 11 is 0. The second kappa shape index (κ2) is 11.7. The zero-order valence-electron chi connectivity index (χ0n) is 23.2. The largest absolute Gasteiger partial charge is 0.361 e. The normalized spacial score (nSPS) is 14.3. The van der Waals surface area contributed by atoms with Gasteiger partial charge in [0, 0.05) is 12.1 Å². The van der Waals surface area contributed by atoms with Crippen LogP contribution in [0.25, 0.3) is 11.1 Å². The maximum absolute atomic E-state index is 13.4. The van der Waals surface area contributed by atoms with Crippen LogP contribution in [0.2, 0.25) is 0 Å². The smallest absolute Gasteiger partial charge is 0.141 e. The summed E-state index contributed by atoms with van der Waals surface area (Å²) in [5.74, 6) is 0.505. The number of nitrogens with zero attached hydrogens (tertiary/aromatic N) is 3. The molecule has 0 fully saturated rings. The molecule has 3 aromatic rings. The Kier molecular flexibility index (Phi) is 9.10. The van der Waals surface area contributed by atoms with Gasteiger partial charge < -0.3 is 14.2 Å². The second-order valence-corrected chi connectivity index (χ2v) is 12.4. The summed E-state index contributed by atoms with van der Waals surface area (Å²) in [6.45, 7) is 13.1. The predicted octanol–water partition coefficient (Wildman–Crippen LogP) is 5.95. The summed E-state index contributed by atoms with van der Waals surface area (Å²) in [7, 11) is 0.828. The number of aryl methyl sites for hydroxylation is 2. The maximum atomic E-state index is 13.4. The van der Waals surface area contributed by atoms with Gasteiger partial charge >= 0.3 is 0 Å². The summed E-state index contributed by atoms with van der Waals surface area (Å²) in [6, 6.07) is 11.6. The molecule has 200 valence electrons. The summed E-state index contributed by atoms with van der Waals surface area (Å²) < 4.78 is 23.2. The number of carbonyl (C=O) groups is 1. The number of aromatic nitrogens is 1. The van der Waals surface area contributed by atoms with Crippen molar-refractivity contribution in [1.29, 1.82) is 0 Å². The SMILES string of the molecule is Cc1noc(C)c1-c1cc(C(C)C)c(C(C=O)CN=S(N)(=O)c2ccc(CN(C)C)cc2)c(C(C)C)c1. The lowest BCUT2D eigenvalue weighted by Gasteiger charge is -2.25. The van der Waals surface area contributed by atoms with Crippen molar-refractivity contribution >= 4 is 16.2 Å². The van der Waals surface area contributed by atoms with E-state index in [2.05, 4.69) is 54.2 Å². The lowest BCUT2D eigenvalue weighted by molar-refractivity contribution is -0.108. The summed E-state index contributed by atoms with van der Waals surface area (Å²) in [5, 5.41) is 10.3. The lowest BCUT2D eigenvalue weighted by Crippen LogP contribution is -2.18. The number of hydrogen-bond donors (Lipinski definition) is 1. The Morgan fingerprint density at radius 3 is 2.05 bits per heavy atom. The van der Waals surface area contributed by atoms with Gasteiger partial charge in [0.15, 0.2) is 0 Å². The van der Waals surface area contributed by atoms with Crippen molar-refractivity contribution in [3.8, 4) is 11.1 Å². The molecule has 0 spiro atoms. The summed E-state index contributed by atoms with van der Waals surface area (Å²) in [6.07, 6.45) is 0.905. The van der Waals surface area contributed by atoms with Crippen LogP contribution in [0, 0.1) is 13.8 Å². The minimum Gasteiger partial charge on any atom is -0.361 e. The molecule has 2 N–H and O–H groups in total. The topological polar surface area (TPSA) is 102 Å². The highest BCUT2D eigenvalue weighted by Gasteiger charge is 2.25. The highest BCUT2D eigenvalue weighted by atomic mass is 32.2. The first kappa shape index (κ1) is 28.8. The van der Waals surface area contributed by atoms with Gasteiger partial charge in [0.25, 0.3) is 0 Å². The Bertz CT molecular complexity index is 1320. The molecule has 0 saturated heterocycles. The minimum absolute atomic E-state index is 0.0440. The Labute approximate surface area is 221 Å². The van der Waals surface area contributed by atoms with Crippen LogP contribution in [-0.2, 0) is 21.3 Å². The fourth-order valence-corrected chi connectivity index (χ4v) is 5.80. The fraction of sp³-hybridized carbons (Fsp3) is 0.448. The van der Waals surface area contributed by atoms with Crippen LogP contribution in [-0.4, -0.2) is 41.2 Å². The van der Waals surface area contributed by atoms with Gasteiger partial charge in [-0.1, -0.05) is 57.1 Å². The quantitative estimate of drug-likeness (QED) is 0.330. The Morgan fingerprint density at radius 1 is 1.05 bits per heavy atom. The third-order valence-corrected chi connectivity index (χ3v) is 8.05. The fourth-order valence-electron chi connectivity index (χ4n) is 4.74. The monoisotopic (exact) mass is 524 g/mol. The maximum Gasteiger partial charge on any atom is 0.141 e. The van der Waals surface area contributed by atoms with Crippen molar-refractivity contribution in [3.63, 3.8) is 0 Å². The molecule has 2 aromatic carbocycles. The van der Waals surface area contributed by atoms with E-state index < -0.39 is 15.8 Å². The highest BCUT2D eigenvalue weighted by molar-refractivity contribution is 7.91. The Balaban J connectivity index is 2.07. The molecule has 1 heterocycles. The average Bonchev–Trinajstić information content (AvgIpc) is 3.16. The van der Waals surface area contributed by atoms with E-state index in [1.165, 1.54) is 0 Å². The van der Waals surface area contributed by atoms with E-state index in [-0.39, 0.29) is 18.4 Å². The zero-order chi connectivity index (χ0) is 27.5. The van der Waals surface area contributed by atoms with Gasteiger partial charge in [-0.25, -0.2) is 13.7 Å². The molecule has 0 bridgehead atoms. The molecule has 0 saturated carbocycles. The van der Waals surface area contributed by atoms with E-state index >= 15 is 0 Å². The molecule has 1 aromatic heterocycles. The first-order chi connectivity index (χ1) is 17.4. The van der Waals surface area contributed by atoms with Crippen molar-refractivity contribution in [2.24, 2.45) is 9.50 Å². The summed E-state index contributed by atoms with van der Waals surface area (Å²) in [4.78, 5) is 15.0. The molecule has 0 aliphatic heterocycles. The van der Waals surface area contributed by atoms with Crippen molar-refractivity contribution in [2.45, 2.75) is 70.7 Å². The first-order valence-corrected chi connectivity index (χ1v) is 14.2. The van der Waals surface area contributed by atoms with Crippen LogP contribution in [0.4, 0.5) is 0 Å². The van der Waals surface area contributed by atoms with Crippen LogP contribution < -0.4 is 5.14 Å². The molecule has 0 aliphatic carbocycles. The zero-order valence-corrected chi connectivity index (χ0v) is 24.1. The van der Waals surface area contributed by atoms with Crippen LogP contribution in [0.3, 0.4) is 0 Å². The molecule has 0 radical (unpaired) electrons. The third-order valence-electron chi connectivity index (χ3n) is 6.57. The van der Waals surface area contributed by atoms with Crippen molar-refractivity contribution in [1.82, 2.24) is 10.1 Å². The van der Waals surface area contributed by atoms with E-state index in [9.17, 15) is 9.00 Å². The number of nitrogens with two attached hydrogens (primary N) is 1. The number of hydrogen-bond acceptors (Lipinski definition) is 6. The van der Waals surface area contributed by atoms with Gasteiger partial charge in [0.2, 0.25) is 0 Å². The number of aldehydes is 1. The van der Waals surface area contributed by atoms with Gasteiger partial charge in [-0.15, -0.1) is 0 Å². The standard InChI is InChI=1S/C29H40N4O3S/c1-18(2)26-13-23(28-20(5)32-36-21(28)6)14-27(19(3)4)29(26)24(17-34)15-31-37(30,35)25-11-9-22(10-12-25)16-33(7)8/h9-14,17-19,24H,15-16H2,1-8H3,(H2,30,31,35). The van der Waals surface area contributed by atoms with E-state index in [1.54, 1.807) is 12.1 Å². The van der Waals surface area contributed by atoms with E-state index in [0.717, 1.165) is 57.7 Å². The Morgan fingerprint density at radius 2 is 1.62 bits per heavy atom. The molecule has 3 rings (SSSR count). The number of carbonyl (C=O) groups excluding carboxylic acids is 1.